The Balaban J connectivity index is 2.18. The fourth-order valence-electron chi connectivity index (χ4n) is 2.14. The first-order valence-corrected chi connectivity index (χ1v) is 8.41. The van der Waals surface area contributed by atoms with E-state index in [1.807, 2.05) is 42.7 Å². The van der Waals surface area contributed by atoms with E-state index in [9.17, 15) is 4.79 Å². The molecule has 0 bridgehead atoms. The third kappa shape index (κ3) is 3.83. The van der Waals surface area contributed by atoms with Gasteiger partial charge in [0.25, 0.3) is 5.91 Å². The molecule has 2 rings (SSSR count). The molecule has 2 aromatic rings. The molecule has 0 fully saturated rings. The minimum atomic E-state index is -0.165. The number of hydrogen-bond donors (Lipinski definition) is 1. The number of carbonyl (C=O) groups is 1. The molecule has 0 spiro atoms. The topological polar surface area (TPSA) is 38.3 Å². The number of anilines is 1. The van der Waals surface area contributed by atoms with Gasteiger partial charge >= 0.3 is 0 Å². The van der Waals surface area contributed by atoms with E-state index >= 15 is 0 Å². The molecule has 0 aliphatic rings. The van der Waals surface area contributed by atoms with Crippen molar-refractivity contribution in [2.24, 2.45) is 0 Å². The first kappa shape index (κ1) is 16.4. The molecule has 3 nitrogen and oxygen atoms in total. The van der Waals surface area contributed by atoms with Gasteiger partial charge in [0.2, 0.25) is 0 Å². The maximum absolute atomic E-state index is 12.4. The summed E-state index contributed by atoms with van der Waals surface area (Å²) in [6.45, 7) is 4.29. The summed E-state index contributed by atoms with van der Waals surface area (Å²) in [7, 11) is 1.58. The van der Waals surface area contributed by atoms with Gasteiger partial charge in [0.15, 0.2) is 0 Å². The smallest absolute Gasteiger partial charge is 0.259 e. The van der Waals surface area contributed by atoms with Crippen molar-refractivity contribution in [3.05, 3.63) is 53.6 Å². The molecular formula is C18H21NO2S. The molecule has 0 radical (unpaired) electrons. The Hall–Kier alpha value is -1.94. The second-order valence-corrected chi connectivity index (χ2v) is 6.18. The molecule has 0 heterocycles. The van der Waals surface area contributed by atoms with E-state index < -0.39 is 0 Å². The number of thioether (sulfide) groups is 1. The molecular weight excluding hydrogens is 294 g/mol. The van der Waals surface area contributed by atoms with Crippen LogP contribution >= 0.6 is 11.8 Å². The highest BCUT2D eigenvalue weighted by Crippen LogP contribution is 2.26. The largest absolute Gasteiger partial charge is 0.496 e. The summed E-state index contributed by atoms with van der Waals surface area (Å²) in [5, 5.41) is 2.91. The lowest BCUT2D eigenvalue weighted by Crippen LogP contribution is -2.13. The van der Waals surface area contributed by atoms with Crippen LogP contribution in [0.4, 0.5) is 5.69 Å². The number of hydrogen-bond acceptors (Lipinski definition) is 3. The molecule has 0 saturated carbocycles. The van der Waals surface area contributed by atoms with Gasteiger partial charge in [0.1, 0.15) is 5.75 Å². The Labute approximate surface area is 136 Å². The minimum Gasteiger partial charge on any atom is -0.496 e. The van der Waals surface area contributed by atoms with Crippen molar-refractivity contribution < 1.29 is 9.53 Å². The summed E-state index contributed by atoms with van der Waals surface area (Å²) in [6.07, 6.45) is 1.99. The molecule has 0 atom stereocenters. The van der Waals surface area contributed by atoms with E-state index in [2.05, 4.69) is 19.2 Å². The molecule has 1 amide bonds. The third-order valence-corrected chi connectivity index (χ3v) is 4.21. The molecule has 4 heteroatoms. The molecule has 0 unspecified atom stereocenters. The van der Waals surface area contributed by atoms with Gasteiger partial charge in [-0.1, -0.05) is 26.0 Å². The highest BCUT2D eigenvalue weighted by molar-refractivity contribution is 7.98. The Morgan fingerprint density at radius 2 is 1.82 bits per heavy atom. The molecule has 2 aromatic carbocycles. The van der Waals surface area contributed by atoms with Gasteiger partial charge in [0, 0.05) is 10.6 Å². The molecule has 116 valence electrons. The lowest BCUT2D eigenvalue weighted by Gasteiger charge is -2.11. The van der Waals surface area contributed by atoms with Crippen molar-refractivity contribution in [1.82, 2.24) is 0 Å². The van der Waals surface area contributed by atoms with Crippen LogP contribution < -0.4 is 10.1 Å². The van der Waals surface area contributed by atoms with Crippen molar-refractivity contribution in [2.45, 2.75) is 24.7 Å². The fourth-order valence-corrected chi connectivity index (χ4v) is 2.56. The predicted octanol–water partition coefficient (Wildman–Crippen LogP) is 4.79. The van der Waals surface area contributed by atoms with Crippen LogP contribution in [-0.2, 0) is 0 Å². The first-order chi connectivity index (χ1) is 10.5. The second-order valence-electron chi connectivity index (χ2n) is 5.30. The molecule has 22 heavy (non-hydrogen) atoms. The van der Waals surface area contributed by atoms with Gasteiger partial charge < -0.3 is 10.1 Å². The molecule has 1 N–H and O–H groups in total. The summed E-state index contributed by atoms with van der Waals surface area (Å²) in [5.41, 5.74) is 2.57. The standard InChI is InChI=1S/C18H21NO2S/c1-12(2)13-5-7-14(8-6-13)19-18(20)16-10-9-15(22-4)11-17(16)21-3/h5-12H,1-4H3,(H,19,20). The minimum absolute atomic E-state index is 0.165. The van der Waals surface area contributed by atoms with Crippen LogP contribution in [0.3, 0.4) is 0 Å². The first-order valence-electron chi connectivity index (χ1n) is 7.18. The predicted molar refractivity (Wildman–Crippen MR) is 93.3 cm³/mol. The summed E-state index contributed by atoms with van der Waals surface area (Å²) in [5.74, 6) is 0.897. The van der Waals surface area contributed by atoms with Crippen molar-refractivity contribution in [2.75, 3.05) is 18.7 Å². The number of carbonyl (C=O) groups excluding carboxylic acids is 1. The van der Waals surface area contributed by atoms with Gasteiger partial charge in [-0.05, 0) is 48.1 Å². The Morgan fingerprint density at radius 1 is 1.14 bits per heavy atom. The van der Waals surface area contributed by atoms with E-state index in [-0.39, 0.29) is 5.91 Å². The monoisotopic (exact) mass is 315 g/mol. The molecule has 0 saturated heterocycles. The van der Waals surface area contributed by atoms with Crippen molar-refractivity contribution in [3.8, 4) is 5.75 Å². The lowest BCUT2D eigenvalue weighted by atomic mass is 10.0. The van der Waals surface area contributed by atoms with Crippen molar-refractivity contribution in [3.63, 3.8) is 0 Å². The zero-order valence-corrected chi connectivity index (χ0v) is 14.2. The summed E-state index contributed by atoms with van der Waals surface area (Å²) in [4.78, 5) is 13.5. The summed E-state index contributed by atoms with van der Waals surface area (Å²) in [6, 6.07) is 13.5. The van der Waals surface area contributed by atoms with Crippen LogP contribution in [0.5, 0.6) is 5.75 Å². The highest BCUT2D eigenvalue weighted by atomic mass is 32.2. The molecule has 0 aliphatic heterocycles. The van der Waals surface area contributed by atoms with Crippen LogP contribution in [0, 0.1) is 0 Å². The number of amides is 1. The van der Waals surface area contributed by atoms with Crippen LogP contribution in [0.1, 0.15) is 35.7 Å². The number of ether oxygens (including phenoxy) is 1. The lowest BCUT2D eigenvalue weighted by molar-refractivity contribution is 0.102. The average Bonchev–Trinajstić information content (AvgIpc) is 2.54. The Kier molecular flexibility index (Phi) is 5.50. The van der Waals surface area contributed by atoms with Gasteiger partial charge in [0.05, 0.1) is 12.7 Å². The van der Waals surface area contributed by atoms with Gasteiger partial charge in [-0.2, -0.15) is 0 Å². The number of nitrogens with one attached hydrogen (secondary N) is 1. The zero-order valence-electron chi connectivity index (χ0n) is 13.3. The Morgan fingerprint density at radius 3 is 2.36 bits per heavy atom. The van der Waals surface area contributed by atoms with Crippen molar-refractivity contribution >= 4 is 23.4 Å². The SMILES string of the molecule is COc1cc(SC)ccc1C(=O)Nc1ccc(C(C)C)cc1. The van der Waals surface area contributed by atoms with Crippen LogP contribution in [0.15, 0.2) is 47.4 Å². The van der Waals surface area contributed by atoms with Crippen LogP contribution in [0.25, 0.3) is 0 Å². The number of benzene rings is 2. The Bertz CT molecular complexity index is 651. The van der Waals surface area contributed by atoms with E-state index in [1.165, 1.54) is 5.56 Å². The average molecular weight is 315 g/mol. The van der Waals surface area contributed by atoms with Gasteiger partial charge in [-0.3, -0.25) is 4.79 Å². The van der Waals surface area contributed by atoms with Crippen molar-refractivity contribution in [1.29, 1.82) is 0 Å². The summed E-state index contributed by atoms with van der Waals surface area (Å²) < 4.78 is 5.32. The summed E-state index contributed by atoms with van der Waals surface area (Å²) >= 11 is 1.62. The number of methoxy groups -OCH3 is 1. The highest BCUT2D eigenvalue weighted by Gasteiger charge is 2.13. The maximum Gasteiger partial charge on any atom is 0.259 e. The number of rotatable bonds is 5. The van der Waals surface area contributed by atoms with E-state index in [0.717, 1.165) is 10.6 Å². The van der Waals surface area contributed by atoms with E-state index in [1.54, 1.807) is 24.9 Å². The van der Waals surface area contributed by atoms with Gasteiger partial charge in [-0.15, -0.1) is 11.8 Å². The van der Waals surface area contributed by atoms with Crippen LogP contribution in [-0.4, -0.2) is 19.3 Å². The quantitative estimate of drug-likeness (QED) is 0.806. The van der Waals surface area contributed by atoms with Gasteiger partial charge in [-0.25, -0.2) is 0 Å². The zero-order chi connectivity index (χ0) is 16.1. The maximum atomic E-state index is 12.4. The second kappa shape index (κ2) is 7.36. The third-order valence-electron chi connectivity index (χ3n) is 3.49. The fraction of sp³-hybridized carbons (Fsp3) is 0.278. The normalized spacial score (nSPS) is 10.6. The molecule has 0 aliphatic carbocycles. The molecule has 0 aromatic heterocycles. The van der Waals surface area contributed by atoms with E-state index in [0.29, 0.717) is 17.2 Å². The van der Waals surface area contributed by atoms with E-state index in [4.69, 9.17) is 4.74 Å². The van der Waals surface area contributed by atoms with Crippen LogP contribution in [0.2, 0.25) is 0 Å².